The molecular weight excluding hydrogens is 401 g/mol. The average molecular weight is 418 g/mol. The summed E-state index contributed by atoms with van der Waals surface area (Å²) in [5.41, 5.74) is 0.0745. The fourth-order valence-electron chi connectivity index (χ4n) is 2.97. The van der Waals surface area contributed by atoms with Gasteiger partial charge in [0.2, 0.25) is 0 Å². The second-order valence-electron chi connectivity index (χ2n) is 6.22. The van der Waals surface area contributed by atoms with Crippen molar-refractivity contribution < 1.29 is 26.4 Å². The second kappa shape index (κ2) is 7.51. The van der Waals surface area contributed by atoms with E-state index < -0.39 is 34.6 Å². The van der Waals surface area contributed by atoms with Gasteiger partial charge in [0.1, 0.15) is 4.21 Å². The molecule has 0 spiro atoms. The highest BCUT2D eigenvalue weighted by atomic mass is 32.2. The number of thiophene rings is 1. The van der Waals surface area contributed by atoms with Crippen LogP contribution in [-0.2, 0) is 10.0 Å². The summed E-state index contributed by atoms with van der Waals surface area (Å²) >= 11 is 1.02. The van der Waals surface area contributed by atoms with Crippen molar-refractivity contribution in [1.29, 1.82) is 0 Å². The van der Waals surface area contributed by atoms with E-state index in [1.54, 1.807) is 23.6 Å². The maximum absolute atomic E-state index is 13.0. The Morgan fingerprint density at radius 2 is 1.93 bits per heavy atom. The summed E-state index contributed by atoms with van der Waals surface area (Å²) in [5.74, 6) is -2.18. The number of carbonyl (C=O) groups excluding carboxylic acids is 1. The van der Waals surface area contributed by atoms with E-state index in [9.17, 15) is 26.4 Å². The lowest BCUT2D eigenvalue weighted by atomic mass is 9.96. The van der Waals surface area contributed by atoms with Crippen LogP contribution in [0.3, 0.4) is 0 Å². The quantitative estimate of drug-likeness (QED) is 0.817. The number of piperidine rings is 1. The van der Waals surface area contributed by atoms with Gasteiger partial charge in [-0.2, -0.15) is 13.2 Å². The first kappa shape index (κ1) is 19.7. The Morgan fingerprint density at radius 3 is 2.59 bits per heavy atom. The van der Waals surface area contributed by atoms with Crippen LogP contribution in [0, 0.1) is 5.92 Å². The van der Waals surface area contributed by atoms with Gasteiger partial charge in [-0.1, -0.05) is 18.2 Å². The first-order chi connectivity index (χ1) is 12.7. The number of nitrogens with zero attached hydrogens (tertiary/aromatic N) is 1. The molecule has 5 nitrogen and oxygen atoms in total. The lowest BCUT2D eigenvalue weighted by molar-refractivity contribution is -0.184. The summed E-state index contributed by atoms with van der Waals surface area (Å²) in [6, 6.07) is 8.94. The van der Waals surface area contributed by atoms with Crippen LogP contribution in [0.1, 0.15) is 23.2 Å². The van der Waals surface area contributed by atoms with E-state index in [1.165, 1.54) is 18.2 Å². The highest BCUT2D eigenvalue weighted by Gasteiger charge is 2.43. The lowest BCUT2D eigenvalue weighted by Crippen LogP contribution is -2.44. The van der Waals surface area contributed by atoms with Crippen LogP contribution in [-0.4, -0.2) is 38.5 Å². The number of halogens is 3. The summed E-state index contributed by atoms with van der Waals surface area (Å²) in [5, 5.41) is 1.61. The fraction of sp³-hybridized carbons (Fsp3) is 0.353. The molecule has 1 aromatic carbocycles. The van der Waals surface area contributed by atoms with E-state index in [-0.39, 0.29) is 34.8 Å². The van der Waals surface area contributed by atoms with E-state index >= 15 is 0 Å². The molecule has 2 aromatic rings. The minimum atomic E-state index is -4.36. The summed E-state index contributed by atoms with van der Waals surface area (Å²) in [4.78, 5) is 13.9. The van der Waals surface area contributed by atoms with E-state index in [0.29, 0.717) is 0 Å². The van der Waals surface area contributed by atoms with Gasteiger partial charge in [0.25, 0.3) is 15.9 Å². The molecule has 3 rings (SSSR count). The Bertz CT molecular complexity index is 912. The molecule has 1 fully saturated rings. The number of alkyl halides is 3. The van der Waals surface area contributed by atoms with Gasteiger partial charge in [0.15, 0.2) is 0 Å². The number of hydrogen-bond donors (Lipinski definition) is 1. The van der Waals surface area contributed by atoms with Crippen LogP contribution in [0.25, 0.3) is 0 Å². The monoisotopic (exact) mass is 418 g/mol. The number of anilines is 1. The van der Waals surface area contributed by atoms with Crippen LogP contribution in [0.15, 0.2) is 46.0 Å². The lowest BCUT2D eigenvalue weighted by Gasteiger charge is -2.34. The van der Waals surface area contributed by atoms with Crippen molar-refractivity contribution in [2.75, 3.05) is 17.8 Å². The standard InChI is InChI=1S/C17H17F3N2O3S2/c18-17(19,20)12-5-3-9-22(11-12)16(23)13-6-1-2-7-14(13)21-27(24,25)15-8-4-10-26-15/h1-2,4,6-8,10,12,21H,3,5,9,11H2/t12-/m1/s1. The normalized spacial score (nSPS) is 18.3. The van der Waals surface area contributed by atoms with E-state index in [1.807, 2.05) is 0 Å². The van der Waals surface area contributed by atoms with Gasteiger partial charge in [0.05, 0.1) is 17.2 Å². The molecule has 2 heterocycles. The molecule has 1 saturated heterocycles. The zero-order chi connectivity index (χ0) is 19.7. The number of hydrogen-bond acceptors (Lipinski definition) is 4. The van der Waals surface area contributed by atoms with Crippen LogP contribution in [0.4, 0.5) is 18.9 Å². The van der Waals surface area contributed by atoms with Crippen molar-refractivity contribution in [3.63, 3.8) is 0 Å². The largest absolute Gasteiger partial charge is 0.393 e. The smallest absolute Gasteiger partial charge is 0.338 e. The Hall–Kier alpha value is -2.07. The molecule has 0 aliphatic carbocycles. The predicted octanol–water partition coefficient (Wildman–Crippen LogP) is 3.96. The number of likely N-dealkylation sites (tertiary alicyclic amines) is 1. The maximum Gasteiger partial charge on any atom is 0.393 e. The van der Waals surface area contributed by atoms with Gasteiger partial charge in [-0.15, -0.1) is 11.3 Å². The van der Waals surface area contributed by atoms with Gasteiger partial charge >= 0.3 is 6.18 Å². The highest BCUT2D eigenvalue weighted by molar-refractivity contribution is 7.94. The Labute approximate surface area is 158 Å². The third kappa shape index (κ3) is 4.44. The molecule has 0 radical (unpaired) electrons. The van der Waals surface area contributed by atoms with E-state index in [0.717, 1.165) is 16.2 Å². The molecule has 1 aliphatic heterocycles. The Balaban J connectivity index is 1.84. The Morgan fingerprint density at radius 1 is 1.19 bits per heavy atom. The van der Waals surface area contributed by atoms with Crippen LogP contribution < -0.4 is 4.72 Å². The summed E-state index contributed by atoms with van der Waals surface area (Å²) in [6.07, 6.45) is -4.13. The number of para-hydroxylation sites is 1. The fourth-order valence-corrected chi connectivity index (χ4v) is 5.04. The van der Waals surface area contributed by atoms with Gasteiger partial charge in [0, 0.05) is 13.1 Å². The van der Waals surface area contributed by atoms with Crippen LogP contribution in [0.5, 0.6) is 0 Å². The van der Waals surface area contributed by atoms with Crippen molar-refractivity contribution >= 4 is 33.0 Å². The third-order valence-electron chi connectivity index (χ3n) is 4.33. The minimum absolute atomic E-state index is 0.0140. The first-order valence-electron chi connectivity index (χ1n) is 8.20. The topological polar surface area (TPSA) is 66.5 Å². The number of benzene rings is 1. The molecule has 1 aliphatic rings. The molecule has 1 N–H and O–H groups in total. The predicted molar refractivity (Wildman–Crippen MR) is 96.3 cm³/mol. The molecule has 0 bridgehead atoms. The first-order valence-corrected chi connectivity index (χ1v) is 10.6. The molecule has 1 aromatic heterocycles. The summed E-state index contributed by atoms with van der Waals surface area (Å²) in [7, 11) is -3.87. The van der Waals surface area contributed by atoms with Gasteiger partial charge in [-0.05, 0) is 36.4 Å². The van der Waals surface area contributed by atoms with E-state index in [2.05, 4.69) is 4.72 Å². The SMILES string of the molecule is O=C(c1ccccc1NS(=O)(=O)c1cccs1)N1CCC[C@@H](C(F)(F)F)C1. The molecular formula is C17H17F3N2O3S2. The van der Waals surface area contributed by atoms with Crippen molar-refractivity contribution in [1.82, 2.24) is 4.90 Å². The third-order valence-corrected chi connectivity index (χ3v) is 7.10. The number of nitrogens with one attached hydrogen (secondary N) is 1. The summed E-state index contributed by atoms with van der Waals surface area (Å²) < 4.78 is 66.3. The molecule has 0 saturated carbocycles. The highest BCUT2D eigenvalue weighted by Crippen LogP contribution is 2.34. The molecule has 1 amide bonds. The number of carbonyl (C=O) groups is 1. The zero-order valence-electron chi connectivity index (χ0n) is 14.1. The van der Waals surface area contributed by atoms with Crippen molar-refractivity contribution in [2.24, 2.45) is 5.92 Å². The van der Waals surface area contributed by atoms with E-state index in [4.69, 9.17) is 0 Å². The second-order valence-corrected chi connectivity index (χ2v) is 9.07. The number of rotatable bonds is 4. The van der Waals surface area contributed by atoms with Gasteiger partial charge in [-0.3, -0.25) is 9.52 Å². The molecule has 146 valence electrons. The number of sulfonamides is 1. The van der Waals surface area contributed by atoms with Crippen LogP contribution >= 0.6 is 11.3 Å². The molecule has 27 heavy (non-hydrogen) atoms. The Kier molecular flexibility index (Phi) is 5.48. The number of amides is 1. The minimum Gasteiger partial charge on any atom is -0.338 e. The zero-order valence-corrected chi connectivity index (χ0v) is 15.7. The average Bonchev–Trinajstić information content (AvgIpc) is 3.16. The van der Waals surface area contributed by atoms with Crippen molar-refractivity contribution in [3.05, 3.63) is 47.3 Å². The molecule has 0 unspecified atom stereocenters. The maximum atomic E-state index is 13.0. The molecule has 10 heteroatoms. The molecule has 1 atom stereocenters. The summed E-state index contributed by atoms with van der Waals surface area (Å²) in [6.45, 7) is -0.217. The van der Waals surface area contributed by atoms with Crippen molar-refractivity contribution in [2.45, 2.75) is 23.2 Å². The van der Waals surface area contributed by atoms with Crippen LogP contribution in [0.2, 0.25) is 0 Å². The van der Waals surface area contributed by atoms with Crippen molar-refractivity contribution in [3.8, 4) is 0 Å². The van der Waals surface area contributed by atoms with Gasteiger partial charge in [-0.25, -0.2) is 8.42 Å². The van der Waals surface area contributed by atoms with Gasteiger partial charge < -0.3 is 4.90 Å².